The summed E-state index contributed by atoms with van der Waals surface area (Å²) in [5.41, 5.74) is -9.00. The molecule has 0 aliphatic carbocycles. The number of Topliss-reactive ketones (excluding diaryl/α,β-unsaturated/α-hetero) is 1. The maximum atomic E-state index is 17.0. The Kier molecular flexibility index (Phi) is 10.9. The van der Waals surface area contributed by atoms with Crippen LogP contribution in [-0.2, 0) is 18.6 Å². The Hall–Kier alpha value is -3.61. The molecule has 0 fully saturated rings. The highest BCUT2D eigenvalue weighted by molar-refractivity contribution is 6.69. The Bertz CT molecular complexity index is 1590. The molecular formula is C20F26O4Si. The Morgan fingerprint density at radius 3 is 0.824 bits per heavy atom. The molecule has 290 valence electrons. The minimum atomic E-state index is -11.0. The van der Waals surface area contributed by atoms with Crippen LogP contribution in [0.1, 0.15) is 15.9 Å². The number of alkyl halides is 16. The van der Waals surface area contributed by atoms with Gasteiger partial charge in [0.25, 0.3) is 5.29 Å². The standard InChI is InChI=1S/C20F26O4Si/c21-3-1(4(22)8(26)11(29)7(3)25)13(47)14(31,2-5(23)9(27)12(30)10(28)6(2)24)51(48-18(41,42)15(32,33)34,49-19(43,44)16(35,36)37)50-20(45,46)17(38,39)40. The van der Waals surface area contributed by atoms with Gasteiger partial charge in [0, 0.05) is 0 Å². The first kappa shape index (κ1) is 43.6. The van der Waals surface area contributed by atoms with Crippen LogP contribution in [-0.4, -0.2) is 51.4 Å². The first-order valence-corrected chi connectivity index (χ1v) is 12.8. The predicted molar refractivity (Wildman–Crippen MR) is 102 cm³/mol. The maximum absolute atomic E-state index is 17.0. The van der Waals surface area contributed by atoms with E-state index >= 15 is 4.39 Å². The second-order valence-electron chi connectivity index (χ2n) is 8.78. The van der Waals surface area contributed by atoms with Crippen molar-refractivity contribution in [2.75, 3.05) is 0 Å². The largest absolute Gasteiger partial charge is 0.567 e. The van der Waals surface area contributed by atoms with Gasteiger partial charge in [-0.2, -0.15) is 65.9 Å². The molecule has 1 unspecified atom stereocenters. The minimum Gasteiger partial charge on any atom is -0.303 e. The van der Waals surface area contributed by atoms with Crippen LogP contribution in [0.2, 0.25) is 0 Å². The summed E-state index contributed by atoms with van der Waals surface area (Å²) >= 11 is 0. The summed E-state index contributed by atoms with van der Waals surface area (Å²) in [6, 6.07) is 0. The average Bonchev–Trinajstić information content (AvgIpc) is 2.94. The topological polar surface area (TPSA) is 44.8 Å². The maximum Gasteiger partial charge on any atom is 0.567 e. The first-order chi connectivity index (χ1) is 22.4. The van der Waals surface area contributed by atoms with Gasteiger partial charge in [-0.05, 0) is 0 Å². The van der Waals surface area contributed by atoms with Crippen molar-refractivity contribution >= 4 is 14.6 Å². The highest BCUT2D eigenvalue weighted by Gasteiger charge is 2.85. The quantitative estimate of drug-likeness (QED) is 0.0789. The van der Waals surface area contributed by atoms with Gasteiger partial charge in [0.2, 0.25) is 17.4 Å². The second-order valence-corrected chi connectivity index (χ2v) is 11.2. The molecule has 1 atom stereocenters. The van der Waals surface area contributed by atoms with Crippen molar-refractivity contribution in [2.45, 2.75) is 42.1 Å². The molecule has 0 amide bonds. The summed E-state index contributed by atoms with van der Waals surface area (Å²) in [6.45, 7) is 0. The molecule has 0 aliphatic rings. The molecule has 51 heavy (non-hydrogen) atoms. The molecule has 0 bridgehead atoms. The zero-order chi connectivity index (χ0) is 40.6. The van der Waals surface area contributed by atoms with E-state index in [4.69, 9.17) is 0 Å². The summed E-state index contributed by atoms with van der Waals surface area (Å²) < 4.78 is 367. The van der Waals surface area contributed by atoms with Crippen LogP contribution in [0, 0.1) is 58.2 Å². The number of carbonyl (C=O) groups excluding carboxylic acids is 1. The molecule has 0 N–H and O–H groups in total. The SMILES string of the molecule is O=C(c1c(F)c(F)c(F)c(F)c1F)C(F)(c1c(F)c(F)c(F)c(F)c1F)[Si](OC(F)(F)C(F)(F)F)(OC(F)(F)C(F)(F)F)OC(F)(F)C(F)(F)F. The van der Waals surface area contributed by atoms with Crippen LogP contribution < -0.4 is 0 Å². The lowest BCUT2D eigenvalue weighted by Gasteiger charge is -2.44. The highest BCUT2D eigenvalue weighted by atomic mass is 28.4. The van der Waals surface area contributed by atoms with Gasteiger partial charge in [0.05, 0.1) is 11.1 Å². The molecule has 2 aromatic rings. The van der Waals surface area contributed by atoms with Gasteiger partial charge in [-0.25, -0.2) is 48.3 Å². The summed E-state index contributed by atoms with van der Waals surface area (Å²) in [4.78, 5) is 13.0. The fourth-order valence-electron chi connectivity index (χ4n) is 3.24. The van der Waals surface area contributed by atoms with Gasteiger partial charge in [-0.15, -0.1) is 0 Å². The van der Waals surface area contributed by atoms with Gasteiger partial charge in [-0.1, -0.05) is 0 Å². The lowest BCUT2D eigenvalue weighted by atomic mass is 9.97. The van der Waals surface area contributed by atoms with Gasteiger partial charge in [0.15, 0.2) is 46.5 Å². The van der Waals surface area contributed by atoms with Crippen LogP contribution in [0.3, 0.4) is 0 Å². The number of hydrogen-bond donors (Lipinski definition) is 0. The monoisotopic (exact) mass is 826 g/mol. The number of benzene rings is 2. The van der Waals surface area contributed by atoms with Crippen molar-refractivity contribution < 1.29 is 132 Å². The third kappa shape index (κ3) is 6.98. The van der Waals surface area contributed by atoms with E-state index < -0.39 is 126 Å². The Labute approximate surface area is 259 Å². The van der Waals surface area contributed by atoms with Gasteiger partial charge >= 0.3 is 45.7 Å². The van der Waals surface area contributed by atoms with Crippen LogP contribution >= 0.6 is 0 Å². The van der Waals surface area contributed by atoms with Gasteiger partial charge in [0.1, 0.15) is 0 Å². The average molecular weight is 826 g/mol. The van der Waals surface area contributed by atoms with Crippen molar-refractivity contribution in [3.63, 3.8) is 0 Å². The van der Waals surface area contributed by atoms with Crippen molar-refractivity contribution in [3.8, 4) is 0 Å². The molecule has 0 aliphatic heterocycles. The summed E-state index contributed by atoms with van der Waals surface area (Å²) in [7, 11) is -11.0. The molecule has 4 nitrogen and oxygen atoms in total. The van der Waals surface area contributed by atoms with E-state index in [1.807, 2.05) is 13.3 Å². The number of rotatable bonds is 10. The molecule has 0 heterocycles. The van der Waals surface area contributed by atoms with Gasteiger partial charge in [-0.3, -0.25) is 4.79 Å². The number of ketones is 1. The van der Waals surface area contributed by atoms with Crippen LogP contribution in [0.5, 0.6) is 0 Å². The van der Waals surface area contributed by atoms with Crippen molar-refractivity contribution in [1.29, 1.82) is 0 Å². The van der Waals surface area contributed by atoms with Crippen LogP contribution in [0.25, 0.3) is 0 Å². The van der Waals surface area contributed by atoms with Gasteiger partial charge < -0.3 is 13.3 Å². The van der Waals surface area contributed by atoms with Crippen molar-refractivity contribution in [1.82, 2.24) is 0 Å². The highest BCUT2D eigenvalue weighted by Crippen LogP contribution is 2.55. The van der Waals surface area contributed by atoms with E-state index in [1.165, 1.54) is 0 Å². The number of hydrogen-bond acceptors (Lipinski definition) is 4. The lowest BCUT2D eigenvalue weighted by Crippen LogP contribution is -2.73. The summed E-state index contributed by atoms with van der Waals surface area (Å²) in [5, 5.41) is -8.13. The van der Waals surface area contributed by atoms with Crippen LogP contribution in [0.4, 0.5) is 114 Å². The molecule has 2 aromatic carbocycles. The molecule has 0 radical (unpaired) electrons. The molecule has 31 heteroatoms. The predicted octanol–water partition coefficient (Wildman–Crippen LogP) is 9.12. The molecule has 2 rings (SSSR count). The van der Waals surface area contributed by atoms with Crippen molar-refractivity contribution in [3.05, 3.63) is 69.3 Å². The molecule has 0 aromatic heterocycles. The summed E-state index contributed by atoms with van der Waals surface area (Å²) in [6.07, 6.45) is -49.2. The molecule has 0 spiro atoms. The third-order valence-electron chi connectivity index (χ3n) is 5.50. The third-order valence-corrected chi connectivity index (χ3v) is 8.40. The first-order valence-electron chi connectivity index (χ1n) is 11.1. The fraction of sp³-hybridized carbons (Fsp3) is 0.350. The Morgan fingerprint density at radius 2 is 0.588 bits per heavy atom. The summed E-state index contributed by atoms with van der Waals surface area (Å²) in [5.74, 6) is -45.8. The Morgan fingerprint density at radius 1 is 0.373 bits per heavy atom. The van der Waals surface area contributed by atoms with Crippen molar-refractivity contribution in [2.24, 2.45) is 0 Å². The molecular weight excluding hydrogens is 826 g/mol. The normalized spacial score (nSPS) is 15.3. The smallest absolute Gasteiger partial charge is 0.303 e. The molecule has 0 saturated heterocycles. The number of carbonyl (C=O) groups is 1. The number of halogens is 26. The fourth-order valence-corrected chi connectivity index (χ4v) is 6.08. The zero-order valence-electron chi connectivity index (χ0n) is 22.0. The van der Waals surface area contributed by atoms with Crippen LogP contribution in [0.15, 0.2) is 0 Å². The minimum absolute atomic E-state index is 1.90. The second kappa shape index (κ2) is 12.8. The van der Waals surface area contributed by atoms with E-state index in [9.17, 15) is 115 Å². The van der Waals surface area contributed by atoms with E-state index in [1.54, 1.807) is 0 Å². The van der Waals surface area contributed by atoms with E-state index in [-0.39, 0.29) is 0 Å². The lowest BCUT2D eigenvalue weighted by molar-refractivity contribution is -0.425. The van der Waals surface area contributed by atoms with E-state index in [0.29, 0.717) is 0 Å². The molecule has 0 saturated carbocycles. The van der Waals surface area contributed by atoms with E-state index in [0.717, 1.165) is 0 Å². The van der Waals surface area contributed by atoms with E-state index in [2.05, 4.69) is 0 Å². The zero-order valence-corrected chi connectivity index (χ0v) is 23.0. The Balaban J connectivity index is 3.65.